The van der Waals surface area contributed by atoms with E-state index in [2.05, 4.69) is 34.9 Å². The highest BCUT2D eigenvalue weighted by molar-refractivity contribution is 6.30. The van der Waals surface area contributed by atoms with Crippen LogP contribution in [0.15, 0.2) is 72.8 Å². The number of ether oxygens (including phenoxy) is 2. The summed E-state index contributed by atoms with van der Waals surface area (Å²) >= 11 is 12.5. The summed E-state index contributed by atoms with van der Waals surface area (Å²) in [5, 5.41) is 8.35. The fourth-order valence-electron chi connectivity index (χ4n) is 6.39. The lowest BCUT2D eigenvalue weighted by Crippen LogP contribution is -2.56. The molecule has 3 aromatic carbocycles. The number of fused-ring (bicyclic) bond motifs is 1. The molecule has 0 bridgehead atoms. The van der Waals surface area contributed by atoms with E-state index in [1.165, 1.54) is 11.1 Å². The quantitative estimate of drug-likeness (QED) is 0.257. The Morgan fingerprint density at radius 1 is 0.929 bits per heavy atom. The van der Waals surface area contributed by atoms with E-state index in [4.69, 9.17) is 32.7 Å². The van der Waals surface area contributed by atoms with Gasteiger partial charge in [-0.25, -0.2) is 4.79 Å². The van der Waals surface area contributed by atoms with Crippen LogP contribution < -0.4 is 15.4 Å². The molecule has 5 rings (SSSR count). The lowest BCUT2D eigenvalue weighted by Gasteiger charge is -2.46. The zero-order valence-electron chi connectivity index (χ0n) is 24.2. The van der Waals surface area contributed by atoms with Crippen molar-refractivity contribution < 1.29 is 19.1 Å². The van der Waals surface area contributed by atoms with Gasteiger partial charge in [-0.3, -0.25) is 4.79 Å². The van der Waals surface area contributed by atoms with Gasteiger partial charge in [0.05, 0.1) is 0 Å². The fourth-order valence-corrected chi connectivity index (χ4v) is 6.64. The van der Waals surface area contributed by atoms with Crippen molar-refractivity contribution in [3.8, 4) is 5.75 Å². The summed E-state index contributed by atoms with van der Waals surface area (Å²) in [7, 11) is 0. The summed E-state index contributed by atoms with van der Waals surface area (Å²) in [6, 6.07) is 24.0. The van der Waals surface area contributed by atoms with E-state index < -0.39 is 11.6 Å². The number of halogens is 2. The SMILES string of the molecule is CC(C)(C)OC(=O)COc1ccc(NC2CC(=O)NC3CCC(C(c4ccc(Cl)cc4)c4ccc(Cl)cc4)CC32)cc1. The number of amides is 1. The zero-order valence-corrected chi connectivity index (χ0v) is 25.8. The van der Waals surface area contributed by atoms with E-state index >= 15 is 0 Å². The molecule has 2 aliphatic rings. The van der Waals surface area contributed by atoms with Gasteiger partial charge in [0.2, 0.25) is 5.91 Å². The lowest BCUT2D eigenvalue weighted by molar-refractivity contribution is -0.157. The molecular weight excluding hydrogens is 571 g/mol. The summed E-state index contributed by atoms with van der Waals surface area (Å²) < 4.78 is 10.9. The van der Waals surface area contributed by atoms with Crippen LogP contribution in [-0.2, 0) is 14.3 Å². The van der Waals surface area contributed by atoms with Crippen LogP contribution in [-0.4, -0.2) is 36.2 Å². The highest BCUT2D eigenvalue weighted by atomic mass is 35.5. The standard InChI is InChI=1S/C34H38Cl2N2O4/c1-34(2,3)42-32(40)20-41-27-15-13-26(14-16-27)37-30-19-31(39)38-29-17-8-23(18-28(29)30)33(21-4-9-24(35)10-5-21)22-6-11-25(36)12-7-22/h4-7,9-16,23,28-30,33,37H,8,17-20H2,1-3H3,(H,38,39). The Kier molecular flexibility index (Phi) is 9.34. The molecule has 8 heteroatoms. The van der Waals surface area contributed by atoms with Crippen LogP contribution in [0.1, 0.15) is 63.5 Å². The molecule has 0 spiro atoms. The summed E-state index contributed by atoms with van der Waals surface area (Å²) in [4.78, 5) is 24.7. The van der Waals surface area contributed by atoms with Crippen molar-refractivity contribution in [1.29, 1.82) is 0 Å². The molecule has 4 atom stereocenters. The van der Waals surface area contributed by atoms with E-state index in [9.17, 15) is 9.59 Å². The van der Waals surface area contributed by atoms with Crippen molar-refractivity contribution >= 4 is 40.8 Å². The summed E-state index contributed by atoms with van der Waals surface area (Å²) in [5.74, 6) is 1.10. The number of carbonyl (C=O) groups excluding carboxylic acids is 2. The van der Waals surface area contributed by atoms with Gasteiger partial charge in [0.15, 0.2) is 6.61 Å². The Labute approximate surface area is 258 Å². The van der Waals surface area contributed by atoms with Gasteiger partial charge in [-0.05, 0) is 106 Å². The highest BCUT2D eigenvalue weighted by Crippen LogP contribution is 2.45. The molecule has 42 heavy (non-hydrogen) atoms. The smallest absolute Gasteiger partial charge is 0.344 e. The zero-order chi connectivity index (χ0) is 29.9. The van der Waals surface area contributed by atoms with Gasteiger partial charge in [-0.15, -0.1) is 0 Å². The predicted molar refractivity (Wildman–Crippen MR) is 167 cm³/mol. The Morgan fingerprint density at radius 3 is 2.10 bits per heavy atom. The van der Waals surface area contributed by atoms with Gasteiger partial charge < -0.3 is 20.1 Å². The van der Waals surface area contributed by atoms with Crippen LogP contribution in [0.5, 0.6) is 5.75 Å². The summed E-state index contributed by atoms with van der Waals surface area (Å²) in [6.07, 6.45) is 3.31. The van der Waals surface area contributed by atoms with Crippen molar-refractivity contribution in [2.45, 2.75) is 70.1 Å². The van der Waals surface area contributed by atoms with Crippen molar-refractivity contribution in [1.82, 2.24) is 5.32 Å². The topological polar surface area (TPSA) is 76.7 Å². The Hall–Kier alpha value is -3.22. The minimum absolute atomic E-state index is 0.00355. The Morgan fingerprint density at radius 2 is 1.52 bits per heavy atom. The second-order valence-electron chi connectivity index (χ2n) is 12.3. The largest absolute Gasteiger partial charge is 0.482 e. The second kappa shape index (κ2) is 13.0. The number of rotatable bonds is 8. The first-order valence-corrected chi connectivity index (χ1v) is 15.3. The molecule has 222 valence electrons. The Balaban J connectivity index is 1.30. The minimum atomic E-state index is -0.555. The third-order valence-electron chi connectivity index (χ3n) is 8.12. The third kappa shape index (κ3) is 7.78. The van der Waals surface area contributed by atoms with Gasteiger partial charge in [0, 0.05) is 46.1 Å². The minimum Gasteiger partial charge on any atom is -0.482 e. The molecule has 6 nitrogen and oxygen atoms in total. The van der Waals surface area contributed by atoms with E-state index in [-0.39, 0.29) is 36.4 Å². The molecule has 0 radical (unpaired) electrons. The van der Waals surface area contributed by atoms with Crippen molar-refractivity contribution in [3.05, 3.63) is 94.0 Å². The number of hydrogen-bond acceptors (Lipinski definition) is 5. The van der Waals surface area contributed by atoms with Crippen LogP contribution in [0, 0.1) is 11.8 Å². The summed E-state index contributed by atoms with van der Waals surface area (Å²) in [6.45, 7) is 5.32. The molecule has 1 saturated carbocycles. The molecular formula is C34H38Cl2N2O4. The number of piperidine rings is 1. The molecule has 0 aromatic heterocycles. The van der Waals surface area contributed by atoms with Crippen LogP contribution in [0.25, 0.3) is 0 Å². The Bertz CT molecular complexity index is 1330. The average Bonchev–Trinajstić information content (AvgIpc) is 2.94. The number of nitrogens with one attached hydrogen (secondary N) is 2. The van der Waals surface area contributed by atoms with Crippen LogP contribution >= 0.6 is 23.2 Å². The van der Waals surface area contributed by atoms with E-state index in [1.807, 2.05) is 69.3 Å². The van der Waals surface area contributed by atoms with Gasteiger partial charge >= 0.3 is 5.97 Å². The lowest BCUT2D eigenvalue weighted by atomic mass is 9.65. The second-order valence-corrected chi connectivity index (χ2v) is 13.2. The maximum Gasteiger partial charge on any atom is 0.344 e. The van der Waals surface area contributed by atoms with Gasteiger partial charge in [-0.2, -0.15) is 0 Å². The number of anilines is 1. The first-order valence-electron chi connectivity index (χ1n) is 14.6. The van der Waals surface area contributed by atoms with Crippen molar-refractivity contribution in [2.75, 3.05) is 11.9 Å². The van der Waals surface area contributed by atoms with Crippen molar-refractivity contribution in [2.24, 2.45) is 11.8 Å². The van der Waals surface area contributed by atoms with E-state index in [1.54, 1.807) is 0 Å². The normalized spacial score (nSPS) is 22.2. The van der Waals surface area contributed by atoms with Gasteiger partial charge in [0.1, 0.15) is 11.4 Å². The van der Waals surface area contributed by atoms with Crippen LogP contribution in [0.3, 0.4) is 0 Å². The third-order valence-corrected chi connectivity index (χ3v) is 8.63. The molecule has 1 saturated heterocycles. The average molecular weight is 610 g/mol. The fraction of sp³-hybridized carbons (Fsp3) is 0.412. The van der Waals surface area contributed by atoms with Crippen LogP contribution in [0.4, 0.5) is 5.69 Å². The maximum atomic E-state index is 12.7. The molecule has 2 fully saturated rings. The van der Waals surface area contributed by atoms with Gasteiger partial charge in [0.25, 0.3) is 0 Å². The molecule has 3 aromatic rings. The molecule has 4 unspecified atom stereocenters. The molecule has 1 heterocycles. The first-order chi connectivity index (χ1) is 20.0. The summed E-state index contributed by atoms with van der Waals surface area (Å²) in [5.41, 5.74) is 2.82. The van der Waals surface area contributed by atoms with E-state index in [0.717, 1.165) is 35.0 Å². The number of hydrogen-bond donors (Lipinski definition) is 2. The molecule has 1 aliphatic heterocycles. The molecule has 1 aliphatic carbocycles. The predicted octanol–water partition coefficient (Wildman–Crippen LogP) is 7.63. The number of benzene rings is 3. The van der Waals surface area contributed by atoms with E-state index in [0.29, 0.717) is 18.1 Å². The maximum absolute atomic E-state index is 12.7. The number of esters is 1. The van der Waals surface area contributed by atoms with Crippen LogP contribution in [0.2, 0.25) is 10.0 Å². The monoisotopic (exact) mass is 608 g/mol. The number of carbonyl (C=O) groups is 2. The molecule has 2 N–H and O–H groups in total. The highest BCUT2D eigenvalue weighted by Gasteiger charge is 2.43. The molecule has 1 amide bonds. The van der Waals surface area contributed by atoms with Crippen molar-refractivity contribution in [3.63, 3.8) is 0 Å². The van der Waals surface area contributed by atoms with Gasteiger partial charge in [-0.1, -0.05) is 47.5 Å². The first kappa shape index (κ1) is 30.2.